The maximum absolute atomic E-state index is 12.5. The van der Waals surface area contributed by atoms with Gasteiger partial charge in [0.05, 0.1) is 13.2 Å². The number of benzene rings is 1. The van der Waals surface area contributed by atoms with Gasteiger partial charge in [0.15, 0.2) is 11.5 Å². The summed E-state index contributed by atoms with van der Waals surface area (Å²) >= 11 is 0. The van der Waals surface area contributed by atoms with Gasteiger partial charge in [0.1, 0.15) is 12.1 Å². The largest absolute Gasteiger partial charge is 0.461 e. The van der Waals surface area contributed by atoms with Gasteiger partial charge in [-0.05, 0) is 44.6 Å². The maximum atomic E-state index is 12.5. The van der Waals surface area contributed by atoms with Crippen LogP contribution in [0.2, 0.25) is 0 Å². The van der Waals surface area contributed by atoms with E-state index in [1.54, 1.807) is 31.4 Å². The Balaban J connectivity index is 0.00000106. The number of H-pyrrole nitrogens is 1. The quantitative estimate of drug-likeness (QED) is 0.180. The van der Waals surface area contributed by atoms with E-state index >= 15 is 0 Å². The first kappa shape index (κ1) is 29.2. The zero-order valence-electron chi connectivity index (χ0n) is 21.1. The Kier molecular flexibility index (Phi) is 11.3. The Morgan fingerprint density at radius 1 is 1.25 bits per heavy atom. The third kappa shape index (κ3) is 8.27. The third-order valence-corrected chi connectivity index (χ3v) is 5.51. The van der Waals surface area contributed by atoms with Crippen LogP contribution in [0.4, 0.5) is 5.82 Å². The number of hydrogen-bond donors (Lipinski definition) is 5. The Bertz CT molecular complexity index is 1180. The van der Waals surface area contributed by atoms with Crippen LogP contribution >= 0.6 is 8.58 Å². The van der Waals surface area contributed by atoms with Gasteiger partial charge in [-0.3, -0.25) is 9.36 Å². The molecule has 0 saturated carbocycles. The number of carbonyl (C=O) groups is 1. The highest BCUT2D eigenvalue weighted by Gasteiger charge is 2.20. The van der Waals surface area contributed by atoms with Crippen molar-refractivity contribution in [2.24, 2.45) is 5.73 Å². The van der Waals surface area contributed by atoms with Crippen molar-refractivity contribution in [1.82, 2.24) is 24.8 Å². The highest BCUT2D eigenvalue weighted by atomic mass is 31.1. The first-order valence-corrected chi connectivity index (χ1v) is 13.1. The number of nitrogens with two attached hydrogens (primary N) is 2. The number of aromatic nitrogens is 4. The molecule has 1 atom stereocenters. The van der Waals surface area contributed by atoms with Gasteiger partial charge in [-0.2, -0.15) is 9.97 Å². The van der Waals surface area contributed by atoms with Crippen LogP contribution in [0.5, 0.6) is 6.01 Å². The third-order valence-electron chi connectivity index (χ3n) is 5.10. The maximum Gasteiger partial charge on any atom is 0.328 e. The molecule has 0 fully saturated rings. The van der Waals surface area contributed by atoms with E-state index in [9.17, 15) is 9.59 Å². The molecule has 3 rings (SSSR count). The van der Waals surface area contributed by atoms with Crippen molar-refractivity contribution < 1.29 is 19.4 Å². The van der Waals surface area contributed by atoms with E-state index in [2.05, 4.69) is 26.9 Å². The molecule has 0 bridgehead atoms. The second kappa shape index (κ2) is 13.9. The number of nitrogen functional groups attached to an aromatic ring is 1. The SMILES string of the molecule is COCCOc1nc(N)c2[nH]c(=O)n(Cc3ccc(C(=O)NC(C)(C)CCO)cc3)c2n1.CPCN. The molecule has 0 aliphatic carbocycles. The van der Waals surface area contributed by atoms with E-state index in [0.717, 1.165) is 20.4 Å². The molecular formula is C23H36N7O5P. The number of nitrogens with zero attached hydrogens (tertiary/aromatic N) is 3. The predicted molar refractivity (Wildman–Crippen MR) is 142 cm³/mol. The van der Waals surface area contributed by atoms with E-state index in [1.807, 2.05) is 13.8 Å². The molecule has 0 spiro atoms. The van der Waals surface area contributed by atoms with Crippen LogP contribution in [-0.4, -0.2) is 76.0 Å². The highest BCUT2D eigenvalue weighted by Crippen LogP contribution is 2.19. The number of nitrogens with one attached hydrogen (secondary N) is 2. The molecule has 0 radical (unpaired) electrons. The Labute approximate surface area is 211 Å². The number of hydrogen-bond acceptors (Lipinski definition) is 9. The number of carbonyl (C=O) groups excluding carboxylic acids is 1. The fraction of sp³-hybridized carbons (Fsp3) is 0.478. The van der Waals surface area contributed by atoms with Gasteiger partial charge in [0.25, 0.3) is 5.91 Å². The van der Waals surface area contributed by atoms with Crippen LogP contribution in [0.25, 0.3) is 11.2 Å². The molecule has 0 saturated heterocycles. The molecule has 3 aromatic rings. The number of methoxy groups -OCH3 is 1. The summed E-state index contributed by atoms with van der Waals surface area (Å²) in [6.07, 6.45) is 1.29. The lowest BCUT2D eigenvalue weighted by Crippen LogP contribution is -2.44. The van der Waals surface area contributed by atoms with Crippen LogP contribution < -0.4 is 27.2 Å². The van der Waals surface area contributed by atoms with Crippen molar-refractivity contribution in [3.63, 3.8) is 0 Å². The summed E-state index contributed by atoms with van der Waals surface area (Å²) in [6.45, 7) is 6.58. The van der Waals surface area contributed by atoms with E-state index < -0.39 is 5.54 Å². The van der Waals surface area contributed by atoms with Gasteiger partial charge < -0.3 is 36.3 Å². The summed E-state index contributed by atoms with van der Waals surface area (Å²) in [6, 6.07) is 6.95. The lowest BCUT2D eigenvalue weighted by molar-refractivity contribution is 0.0899. The zero-order chi connectivity index (χ0) is 26.7. The van der Waals surface area contributed by atoms with Crippen molar-refractivity contribution in [2.75, 3.05) is 45.6 Å². The molecule has 7 N–H and O–H groups in total. The smallest absolute Gasteiger partial charge is 0.328 e. The van der Waals surface area contributed by atoms with Crippen LogP contribution in [0, 0.1) is 0 Å². The molecule has 1 aromatic carbocycles. The van der Waals surface area contributed by atoms with Gasteiger partial charge in [-0.15, -0.1) is 8.58 Å². The minimum absolute atomic E-state index is 0.0151. The highest BCUT2D eigenvalue weighted by molar-refractivity contribution is 7.36. The van der Waals surface area contributed by atoms with Crippen LogP contribution in [0.1, 0.15) is 36.2 Å². The molecule has 1 amide bonds. The van der Waals surface area contributed by atoms with Gasteiger partial charge in [0.2, 0.25) is 0 Å². The summed E-state index contributed by atoms with van der Waals surface area (Å²) in [4.78, 5) is 36.0. The summed E-state index contributed by atoms with van der Waals surface area (Å²) in [5.74, 6) is -0.131. The fourth-order valence-corrected chi connectivity index (χ4v) is 3.12. The number of fused-ring (bicyclic) bond motifs is 1. The van der Waals surface area contributed by atoms with Crippen LogP contribution in [-0.2, 0) is 11.3 Å². The van der Waals surface area contributed by atoms with Crippen molar-refractivity contribution in [1.29, 1.82) is 0 Å². The molecule has 2 aromatic heterocycles. The Morgan fingerprint density at radius 3 is 2.50 bits per heavy atom. The minimum atomic E-state index is -0.523. The van der Waals surface area contributed by atoms with Gasteiger partial charge >= 0.3 is 11.7 Å². The standard InChI is InChI=1S/C21H28N6O5.C2H8NP/c1-21(2,8-9-28)26-18(29)14-6-4-13(5-7-14)12-27-17-15(23-20(27)30)16(22)24-19(25-17)32-11-10-31-3;1-4-2-3/h4-7,28H,8-12H2,1-3H3,(H,23,30)(H,26,29)(H2,22,24,25);4H,2-3H2,1H3. The number of amides is 1. The summed E-state index contributed by atoms with van der Waals surface area (Å²) in [5, 5.41) is 12.0. The number of imidazole rings is 1. The van der Waals surface area contributed by atoms with Crippen LogP contribution in [0.3, 0.4) is 0 Å². The molecule has 0 aliphatic rings. The van der Waals surface area contributed by atoms with Crippen molar-refractivity contribution in [3.05, 3.63) is 45.9 Å². The number of anilines is 1. The molecule has 0 aliphatic heterocycles. The topological polar surface area (TPSA) is 183 Å². The monoisotopic (exact) mass is 521 g/mol. The van der Waals surface area contributed by atoms with E-state index in [1.165, 1.54) is 4.57 Å². The molecule has 13 heteroatoms. The van der Waals surface area contributed by atoms with E-state index in [0.29, 0.717) is 29.8 Å². The lowest BCUT2D eigenvalue weighted by Gasteiger charge is -2.25. The summed E-state index contributed by atoms with van der Waals surface area (Å²) < 4.78 is 11.8. The second-order valence-electron chi connectivity index (χ2n) is 8.51. The Morgan fingerprint density at radius 2 is 1.92 bits per heavy atom. The predicted octanol–water partition coefficient (Wildman–Crippen LogP) is 0.877. The Hall–Kier alpha value is -3.05. The first-order valence-electron chi connectivity index (χ1n) is 11.4. The fourth-order valence-electron chi connectivity index (χ4n) is 3.12. The summed E-state index contributed by atoms with van der Waals surface area (Å²) in [7, 11) is 2.47. The number of rotatable bonds is 11. The van der Waals surface area contributed by atoms with Crippen molar-refractivity contribution >= 4 is 31.5 Å². The zero-order valence-corrected chi connectivity index (χ0v) is 22.1. The van der Waals surface area contributed by atoms with Crippen molar-refractivity contribution in [2.45, 2.75) is 32.4 Å². The average molecular weight is 522 g/mol. The van der Waals surface area contributed by atoms with Crippen molar-refractivity contribution in [3.8, 4) is 6.01 Å². The molecular weight excluding hydrogens is 485 g/mol. The second-order valence-corrected chi connectivity index (χ2v) is 9.63. The number of ether oxygens (including phenoxy) is 2. The number of aromatic amines is 1. The lowest BCUT2D eigenvalue weighted by atomic mass is 10.0. The molecule has 1 unspecified atom stereocenters. The first-order chi connectivity index (χ1) is 17.1. The summed E-state index contributed by atoms with van der Waals surface area (Å²) in [5.41, 5.74) is 12.0. The van der Waals surface area contributed by atoms with Crippen LogP contribution in [0.15, 0.2) is 29.1 Å². The van der Waals surface area contributed by atoms with E-state index in [4.69, 9.17) is 26.0 Å². The minimum Gasteiger partial charge on any atom is -0.461 e. The average Bonchev–Trinajstić information content (AvgIpc) is 3.15. The van der Waals surface area contributed by atoms with Gasteiger partial charge in [0, 0.05) is 31.1 Å². The normalized spacial score (nSPS) is 11.5. The molecule has 12 nitrogen and oxygen atoms in total. The van der Waals surface area contributed by atoms with Gasteiger partial charge in [-0.1, -0.05) is 12.1 Å². The molecule has 2 heterocycles. The number of aliphatic hydroxyl groups excluding tert-OH is 1. The van der Waals surface area contributed by atoms with Gasteiger partial charge in [-0.25, -0.2) is 4.79 Å². The molecule has 198 valence electrons. The van der Waals surface area contributed by atoms with E-state index in [-0.39, 0.29) is 43.2 Å². The number of aliphatic hydroxyl groups is 1. The molecule has 36 heavy (non-hydrogen) atoms.